The highest BCUT2D eigenvalue weighted by Gasteiger charge is 2.39. The quantitative estimate of drug-likeness (QED) is 0.725. The summed E-state index contributed by atoms with van der Waals surface area (Å²) in [6.45, 7) is 0. The van der Waals surface area contributed by atoms with E-state index in [0.717, 1.165) is 0 Å². The van der Waals surface area contributed by atoms with Crippen LogP contribution in [0.4, 0.5) is 8.78 Å². The standard InChI is InChI=1S/C16H12F2N2O/c1-20-13-10-6-5-9-12(13)19-14(15(20)21)16(17,18)11-7-3-2-4-8-11/h2-10H,1H3. The van der Waals surface area contributed by atoms with Crippen LogP contribution in [0.25, 0.3) is 11.0 Å². The van der Waals surface area contributed by atoms with Crippen molar-refractivity contribution in [1.29, 1.82) is 0 Å². The number of nitrogens with zero attached hydrogens (tertiary/aromatic N) is 2. The highest BCUT2D eigenvalue weighted by Crippen LogP contribution is 2.32. The Morgan fingerprint density at radius 3 is 2.33 bits per heavy atom. The molecule has 106 valence electrons. The maximum absolute atomic E-state index is 14.6. The van der Waals surface area contributed by atoms with Crippen molar-refractivity contribution in [3.8, 4) is 0 Å². The maximum atomic E-state index is 14.6. The zero-order chi connectivity index (χ0) is 15.0. The van der Waals surface area contributed by atoms with E-state index < -0.39 is 17.2 Å². The summed E-state index contributed by atoms with van der Waals surface area (Å²) in [5.74, 6) is -3.43. The van der Waals surface area contributed by atoms with E-state index in [0.29, 0.717) is 11.0 Å². The van der Waals surface area contributed by atoms with Gasteiger partial charge in [0.05, 0.1) is 11.0 Å². The second-order valence-electron chi connectivity index (χ2n) is 4.75. The molecule has 0 aliphatic carbocycles. The minimum absolute atomic E-state index is 0.245. The van der Waals surface area contributed by atoms with E-state index in [1.54, 1.807) is 30.3 Å². The Labute approximate surface area is 119 Å². The minimum Gasteiger partial charge on any atom is -0.308 e. The van der Waals surface area contributed by atoms with Gasteiger partial charge in [-0.1, -0.05) is 42.5 Å². The molecule has 2 aromatic carbocycles. The molecule has 3 rings (SSSR count). The summed E-state index contributed by atoms with van der Waals surface area (Å²) in [5.41, 5.74) is -0.900. The number of fused-ring (bicyclic) bond motifs is 1. The van der Waals surface area contributed by atoms with E-state index in [-0.39, 0.29) is 5.56 Å². The first kappa shape index (κ1) is 13.4. The molecule has 0 saturated heterocycles. The van der Waals surface area contributed by atoms with Crippen molar-refractivity contribution in [2.24, 2.45) is 7.05 Å². The van der Waals surface area contributed by atoms with E-state index in [1.165, 1.54) is 35.9 Å². The van der Waals surface area contributed by atoms with Gasteiger partial charge in [0.25, 0.3) is 5.56 Å². The zero-order valence-corrected chi connectivity index (χ0v) is 11.3. The van der Waals surface area contributed by atoms with Crippen LogP contribution in [0.2, 0.25) is 0 Å². The van der Waals surface area contributed by atoms with Crippen molar-refractivity contribution in [2.45, 2.75) is 5.92 Å². The highest BCUT2D eigenvalue weighted by molar-refractivity contribution is 5.74. The van der Waals surface area contributed by atoms with Crippen LogP contribution >= 0.6 is 0 Å². The fourth-order valence-electron chi connectivity index (χ4n) is 2.27. The Bertz CT molecular complexity index is 857. The molecule has 3 aromatic rings. The Morgan fingerprint density at radius 1 is 1.00 bits per heavy atom. The van der Waals surface area contributed by atoms with E-state index in [4.69, 9.17) is 0 Å². The Kier molecular flexibility index (Phi) is 3.05. The third-order valence-electron chi connectivity index (χ3n) is 3.42. The number of benzene rings is 2. The van der Waals surface area contributed by atoms with E-state index in [9.17, 15) is 13.6 Å². The molecule has 21 heavy (non-hydrogen) atoms. The normalized spacial score (nSPS) is 11.8. The second kappa shape index (κ2) is 4.77. The second-order valence-corrected chi connectivity index (χ2v) is 4.75. The van der Waals surface area contributed by atoms with Crippen molar-refractivity contribution in [3.05, 3.63) is 76.2 Å². The van der Waals surface area contributed by atoms with Gasteiger partial charge in [0.15, 0.2) is 5.69 Å². The Hall–Kier alpha value is -2.56. The number of alkyl halides is 2. The van der Waals surface area contributed by atoms with Gasteiger partial charge >= 0.3 is 5.92 Å². The number of para-hydroxylation sites is 2. The molecule has 0 unspecified atom stereocenters. The van der Waals surface area contributed by atoms with Gasteiger partial charge in [0.1, 0.15) is 0 Å². The predicted octanol–water partition coefficient (Wildman–Crippen LogP) is 3.07. The van der Waals surface area contributed by atoms with E-state index in [2.05, 4.69) is 4.98 Å². The van der Waals surface area contributed by atoms with E-state index >= 15 is 0 Å². The van der Waals surface area contributed by atoms with Gasteiger partial charge in [-0.3, -0.25) is 4.79 Å². The average Bonchev–Trinajstić information content (AvgIpc) is 2.51. The number of aryl methyl sites for hydroxylation is 1. The molecule has 0 aliphatic heterocycles. The van der Waals surface area contributed by atoms with Crippen molar-refractivity contribution in [3.63, 3.8) is 0 Å². The molecule has 0 atom stereocenters. The van der Waals surface area contributed by atoms with Crippen LogP contribution in [0.15, 0.2) is 59.4 Å². The number of aromatic nitrogens is 2. The predicted molar refractivity (Wildman–Crippen MR) is 76.4 cm³/mol. The molecule has 0 bridgehead atoms. The third-order valence-corrected chi connectivity index (χ3v) is 3.42. The number of rotatable bonds is 2. The summed E-state index contributed by atoms with van der Waals surface area (Å²) in [6, 6.07) is 14.0. The Balaban J connectivity index is 2.30. The van der Waals surface area contributed by atoms with Crippen LogP contribution in [0.1, 0.15) is 11.3 Å². The molecule has 0 radical (unpaired) electrons. The summed E-state index contributed by atoms with van der Waals surface area (Å²) in [6.07, 6.45) is 0. The van der Waals surface area contributed by atoms with Crippen molar-refractivity contribution in [1.82, 2.24) is 9.55 Å². The van der Waals surface area contributed by atoms with Gasteiger partial charge in [0.2, 0.25) is 0 Å². The molecule has 0 aliphatic rings. The van der Waals surface area contributed by atoms with Gasteiger partial charge in [-0.05, 0) is 12.1 Å². The van der Waals surface area contributed by atoms with Gasteiger partial charge < -0.3 is 4.57 Å². The van der Waals surface area contributed by atoms with Crippen LogP contribution in [0.3, 0.4) is 0 Å². The fraction of sp³-hybridized carbons (Fsp3) is 0.125. The summed E-state index contributed by atoms with van der Waals surface area (Å²) >= 11 is 0. The molecule has 1 heterocycles. The first-order valence-electron chi connectivity index (χ1n) is 6.41. The lowest BCUT2D eigenvalue weighted by molar-refractivity contribution is 0.0363. The van der Waals surface area contributed by atoms with Gasteiger partial charge in [-0.15, -0.1) is 0 Å². The highest BCUT2D eigenvalue weighted by atomic mass is 19.3. The van der Waals surface area contributed by atoms with Crippen molar-refractivity contribution in [2.75, 3.05) is 0 Å². The van der Waals surface area contributed by atoms with Crippen LogP contribution in [0.5, 0.6) is 0 Å². The first-order valence-corrected chi connectivity index (χ1v) is 6.41. The average molecular weight is 286 g/mol. The number of halogens is 2. The van der Waals surface area contributed by atoms with Crippen molar-refractivity contribution >= 4 is 11.0 Å². The first-order chi connectivity index (χ1) is 10.0. The molecule has 0 amide bonds. The molecular formula is C16H12F2N2O. The van der Waals surface area contributed by atoms with Gasteiger partial charge in [0, 0.05) is 12.6 Å². The zero-order valence-electron chi connectivity index (χ0n) is 11.3. The van der Waals surface area contributed by atoms with Gasteiger partial charge in [-0.25, -0.2) is 4.98 Å². The number of hydrogen-bond acceptors (Lipinski definition) is 2. The third kappa shape index (κ3) is 2.11. The van der Waals surface area contributed by atoms with Gasteiger partial charge in [-0.2, -0.15) is 8.78 Å². The van der Waals surface area contributed by atoms with Crippen LogP contribution in [0, 0.1) is 0 Å². The minimum atomic E-state index is -3.43. The summed E-state index contributed by atoms with van der Waals surface area (Å²) in [5, 5.41) is 0. The van der Waals surface area contributed by atoms with Crippen molar-refractivity contribution < 1.29 is 8.78 Å². The fourth-order valence-corrected chi connectivity index (χ4v) is 2.27. The van der Waals surface area contributed by atoms with Crippen LogP contribution in [-0.4, -0.2) is 9.55 Å². The molecule has 0 N–H and O–H groups in total. The SMILES string of the molecule is Cn1c(=O)c(C(F)(F)c2ccccc2)nc2ccccc21. The molecule has 3 nitrogen and oxygen atoms in total. The number of hydrogen-bond donors (Lipinski definition) is 0. The topological polar surface area (TPSA) is 34.9 Å². The largest absolute Gasteiger partial charge is 0.320 e. The molecule has 5 heteroatoms. The summed E-state index contributed by atoms with van der Waals surface area (Å²) in [7, 11) is 1.47. The lowest BCUT2D eigenvalue weighted by atomic mass is 10.1. The maximum Gasteiger partial charge on any atom is 0.320 e. The van der Waals surface area contributed by atoms with Crippen LogP contribution < -0.4 is 5.56 Å². The van der Waals surface area contributed by atoms with E-state index in [1.807, 2.05) is 0 Å². The lowest BCUT2D eigenvalue weighted by Gasteiger charge is -2.17. The lowest BCUT2D eigenvalue weighted by Crippen LogP contribution is -2.32. The molecular weight excluding hydrogens is 274 g/mol. The summed E-state index contributed by atoms with van der Waals surface area (Å²) < 4.78 is 30.4. The summed E-state index contributed by atoms with van der Waals surface area (Å²) in [4.78, 5) is 16.1. The molecule has 0 spiro atoms. The molecule has 0 saturated carbocycles. The molecule has 0 fully saturated rings. The Morgan fingerprint density at radius 2 is 1.62 bits per heavy atom. The molecule has 1 aromatic heterocycles. The smallest absolute Gasteiger partial charge is 0.308 e. The van der Waals surface area contributed by atoms with Crippen LogP contribution in [-0.2, 0) is 13.0 Å². The monoisotopic (exact) mass is 286 g/mol.